The average molecular weight is 499 g/mol. The monoisotopic (exact) mass is 498 g/mol. The Hall–Kier alpha value is -3.55. The fourth-order valence-corrected chi connectivity index (χ4v) is 4.25. The molecule has 1 atom stereocenters. The van der Waals surface area contributed by atoms with Crippen molar-refractivity contribution in [1.82, 2.24) is 9.88 Å². The molecule has 1 N–H and O–H groups in total. The number of pyridine rings is 1. The summed E-state index contributed by atoms with van der Waals surface area (Å²) in [7, 11) is 2.84. The third-order valence-corrected chi connectivity index (χ3v) is 6.06. The fourth-order valence-electron chi connectivity index (χ4n) is 3.89. The van der Waals surface area contributed by atoms with Crippen molar-refractivity contribution >= 4 is 40.7 Å². The third kappa shape index (κ3) is 4.32. The molecule has 174 valence electrons. The maximum absolute atomic E-state index is 13.2. The number of carbonyl (C=O) groups excluding carboxylic acids is 2. The molecule has 4 rings (SSSR count). The summed E-state index contributed by atoms with van der Waals surface area (Å²) in [5.74, 6) is -1.51. The second-order valence-electron chi connectivity index (χ2n) is 7.49. The number of benzene rings is 2. The second kappa shape index (κ2) is 9.75. The molecular weight excluding hydrogens is 479 g/mol. The number of hydrogen-bond acceptors (Lipinski definition) is 6. The number of hydrogen-bond donors (Lipinski definition) is 1. The van der Waals surface area contributed by atoms with E-state index < -0.39 is 23.5 Å². The Morgan fingerprint density at radius 3 is 2.35 bits per heavy atom. The molecule has 3 aromatic rings. The highest BCUT2D eigenvalue weighted by Crippen LogP contribution is 2.43. The van der Waals surface area contributed by atoms with Crippen molar-refractivity contribution in [3.05, 3.63) is 93.2 Å². The van der Waals surface area contributed by atoms with Crippen molar-refractivity contribution in [2.45, 2.75) is 12.6 Å². The van der Waals surface area contributed by atoms with Crippen LogP contribution in [0.2, 0.25) is 10.0 Å². The SMILES string of the molecule is COc1cc(/C(O)=C2\C(=O)C(=O)N(Cc3ccccn3)C2c2ccc(Cl)cc2)c(OC)cc1Cl. The Balaban J connectivity index is 1.92. The summed E-state index contributed by atoms with van der Waals surface area (Å²) in [6.45, 7) is 0.0660. The van der Waals surface area contributed by atoms with Gasteiger partial charge in [0.2, 0.25) is 0 Å². The highest BCUT2D eigenvalue weighted by molar-refractivity contribution is 6.46. The lowest BCUT2D eigenvalue weighted by Gasteiger charge is -2.25. The molecule has 0 radical (unpaired) electrons. The first-order valence-corrected chi connectivity index (χ1v) is 11.0. The Morgan fingerprint density at radius 2 is 1.74 bits per heavy atom. The molecule has 0 aliphatic carbocycles. The second-order valence-corrected chi connectivity index (χ2v) is 8.33. The van der Waals surface area contributed by atoms with E-state index in [-0.39, 0.29) is 34.2 Å². The van der Waals surface area contributed by atoms with Crippen LogP contribution < -0.4 is 9.47 Å². The number of aliphatic hydroxyl groups excluding tert-OH is 1. The number of methoxy groups -OCH3 is 2. The quantitative estimate of drug-likeness (QED) is 0.291. The van der Waals surface area contributed by atoms with Gasteiger partial charge in [-0.05, 0) is 35.9 Å². The van der Waals surface area contributed by atoms with Crippen molar-refractivity contribution in [3.8, 4) is 11.5 Å². The zero-order chi connectivity index (χ0) is 24.4. The number of rotatable bonds is 6. The van der Waals surface area contributed by atoms with Crippen molar-refractivity contribution in [1.29, 1.82) is 0 Å². The molecule has 1 amide bonds. The number of carbonyl (C=O) groups is 2. The van der Waals surface area contributed by atoms with Gasteiger partial charge in [-0.3, -0.25) is 14.6 Å². The van der Waals surface area contributed by atoms with Crippen LogP contribution in [0.1, 0.15) is 22.9 Å². The molecule has 0 spiro atoms. The number of ketones is 1. The summed E-state index contributed by atoms with van der Waals surface area (Å²) in [6, 6.07) is 14.1. The van der Waals surface area contributed by atoms with Gasteiger partial charge in [0.25, 0.3) is 11.7 Å². The van der Waals surface area contributed by atoms with Gasteiger partial charge in [-0.25, -0.2) is 0 Å². The van der Waals surface area contributed by atoms with E-state index >= 15 is 0 Å². The van der Waals surface area contributed by atoms with E-state index in [1.165, 1.54) is 31.3 Å². The lowest BCUT2D eigenvalue weighted by Crippen LogP contribution is -2.29. The molecule has 2 heterocycles. The number of aromatic nitrogens is 1. The summed E-state index contributed by atoms with van der Waals surface area (Å²) in [5.41, 5.74) is 1.26. The first-order chi connectivity index (χ1) is 16.3. The van der Waals surface area contributed by atoms with Gasteiger partial charge in [0.15, 0.2) is 0 Å². The largest absolute Gasteiger partial charge is 0.507 e. The molecule has 1 fully saturated rings. The molecule has 1 unspecified atom stereocenters. The van der Waals surface area contributed by atoms with Gasteiger partial charge in [-0.15, -0.1) is 0 Å². The van der Waals surface area contributed by atoms with Crippen molar-refractivity contribution in [2.75, 3.05) is 14.2 Å². The van der Waals surface area contributed by atoms with Crippen LogP contribution in [0.3, 0.4) is 0 Å². The van der Waals surface area contributed by atoms with Gasteiger partial charge in [0.1, 0.15) is 17.3 Å². The van der Waals surface area contributed by atoms with Crippen LogP contribution in [0.15, 0.2) is 66.4 Å². The summed E-state index contributed by atoms with van der Waals surface area (Å²) in [4.78, 5) is 32.0. The average Bonchev–Trinajstić information content (AvgIpc) is 3.09. The molecule has 1 saturated heterocycles. The highest BCUT2D eigenvalue weighted by Gasteiger charge is 2.46. The van der Waals surface area contributed by atoms with Gasteiger partial charge in [0.05, 0.1) is 48.7 Å². The standard InChI is InChI=1S/C25H20Cl2N2O5/c1-33-19-12-18(27)20(34-2)11-17(19)23(30)21-22(14-6-8-15(26)9-7-14)29(25(32)24(21)31)13-16-5-3-4-10-28-16/h3-12,22,30H,13H2,1-2H3/b23-21+. The lowest BCUT2D eigenvalue weighted by molar-refractivity contribution is -0.140. The molecule has 9 heteroatoms. The topological polar surface area (TPSA) is 89.0 Å². The third-order valence-electron chi connectivity index (χ3n) is 5.51. The van der Waals surface area contributed by atoms with Gasteiger partial charge < -0.3 is 19.5 Å². The van der Waals surface area contributed by atoms with E-state index in [4.69, 9.17) is 32.7 Å². The Bertz CT molecular complexity index is 1280. The number of amides is 1. The molecular formula is C25H20Cl2N2O5. The van der Waals surface area contributed by atoms with Crippen LogP contribution in [0.5, 0.6) is 11.5 Å². The van der Waals surface area contributed by atoms with E-state index in [0.29, 0.717) is 16.3 Å². The van der Waals surface area contributed by atoms with E-state index in [0.717, 1.165) is 0 Å². The molecule has 1 aromatic heterocycles. The number of Topliss-reactive ketones (excluding diaryl/α,β-unsaturated/α-hetero) is 1. The van der Waals surface area contributed by atoms with Crippen LogP contribution in [-0.4, -0.2) is 40.9 Å². The Labute approximate surface area is 206 Å². The molecule has 7 nitrogen and oxygen atoms in total. The van der Waals surface area contributed by atoms with E-state index in [1.807, 2.05) is 0 Å². The zero-order valence-electron chi connectivity index (χ0n) is 18.3. The summed E-state index contributed by atoms with van der Waals surface area (Å²) in [6.07, 6.45) is 1.61. The first kappa shape index (κ1) is 23.6. The number of aliphatic hydroxyl groups is 1. The van der Waals surface area contributed by atoms with Crippen molar-refractivity contribution in [2.24, 2.45) is 0 Å². The van der Waals surface area contributed by atoms with Gasteiger partial charge in [0, 0.05) is 17.3 Å². The molecule has 0 saturated carbocycles. The van der Waals surface area contributed by atoms with Crippen LogP contribution in [0.4, 0.5) is 0 Å². The predicted molar refractivity (Wildman–Crippen MR) is 128 cm³/mol. The van der Waals surface area contributed by atoms with Crippen molar-refractivity contribution in [3.63, 3.8) is 0 Å². The van der Waals surface area contributed by atoms with Crippen LogP contribution in [-0.2, 0) is 16.1 Å². The number of ether oxygens (including phenoxy) is 2. The molecule has 34 heavy (non-hydrogen) atoms. The summed E-state index contributed by atoms with van der Waals surface area (Å²) < 4.78 is 10.6. The van der Waals surface area contributed by atoms with E-state index in [9.17, 15) is 14.7 Å². The first-order valence-electron chi connectivity index (χ1n) is 10.2. The van der Waals surface area contributed by atoms with Crippen molar-refractivity contribution < 1.29 is 24.2 Å². The normalized spacial score (nSPS) is 17.2. The zero-order valence-corrected chi connectivity index (χ0v) is 19.8. The fraction of sp³-hybridized carbons (Fsp3) is 0.160. The van der Waals surface area contributed by atoms with E-state index in [2.05, 4.69) is 4.98 Å². The van der Waals surface area contributed by atoms with Crippen LogP contribution in [0.25, 0.3) is 5.76 Å². The predicted octanol–water partition coefficient (Wildman–Crippen LogP) is 5.03. The number of nitrogens with zero attached hydrogens (tertiary/aromatic N) is 2. The minimum Gasteiger partial charge on any atom is -0.507 e. The Morgan fingerprint density at radius 1 is 1.03 bits per heavy atom. The maximum Gasteiger partial charge on any atom is 0.296 e. The molecule has 2 aromatic carbocycles. The van der Waals surface area contributed by atoms with Crippen LogP contribution in [0, 0.1) is 0 Å². The minimum absolute atomic E-state index is 0.0660. The van der Waals surface area contributed by atoms with E-state index in [1.54, 1.807) is 48.7 Å². The Kier molecular flexibility index (Phi) is 6.77. The minimum atomic E-state index is -0.884. The number of likely N-dealkylation sites (tertiary alicyclic amines) is 1. The maximum atomic E-state index is 13.2. The molecule has 0 bridgehead atoms. The lowest BCUT2D eigenvalue weighted by atomic mass is 9.95. The van der Waals surface area contributed by atoms with Gasteiger partial charge in [-0.2, -0.15) is 0 Å². The van der Waals surface area contributed by atoms with Crippen LogP contribution >= 0.6 is 23.2 Å². The smallest absolute Gasteiger partial charge is 0.296 e. The van der Waals surface area contributed by atoms with Gasteiger partial charge >= 0.3 is 0 Å². The summed E-state index contributed by atoms with van der Waals surface area (Å²) >= 11 is 12.3. The number of halogens is 2. The highest BCUT2D eigenvalue weighted by atomic mass is 35.5. The summed E-state index contributed by atoms with van der Waals surface area (Å²) in [5, 5.41) is 12.1. The molecule has 1 aliphatic rings. The van der Waals surface area contributed by atoms with Gasteiger partial charge in [-0.1, -0.05) is 41.4 Å². The molecule has 1 aliphatic heterocycles.